The largest absolute Gasteiger partial charge is 0.493 e. The van der Waals surface area contributed by atoms with Gasteiger partial charge in [-0.1, -0.05) is 6.07 Å². The Bertz CT molecular complexity index is 414. The zero-order chi connectivity index (χ0) is 13.0. The van der Waals surface area contributed by atoms with Crippen molar-refractivity contribution in [1.29, 1.82) is 0 Å². The van der Waals surface area contributed by atoms with Crippen LogP contribution in [0.15, 0.2) is 12.1 Å². The van der Waals surface area contributed by atoms with E-state index in [9.17, 15) is 4.79 Å². The standard InChI is InChI=1S/C13H20N2O2/c1-9-7-10(2)12(8-11(9)14)17-6-5-13(16)15(3)4/h7-8H,5-6,14H2,1-4H3. The van der Waals surface area contributed by atoms with E-state index in [2.05, 4.69) is 0 Å². The highest BCUT2D eigenvalue weighted by Crippen LogP contribution is 2.24. The van der Waals surface area contributed by atoms with Crippen LogP contribution in [0.1, 0.15) is 17.5 Å². The maximum absolute atomic E-state index is 11.4. The van der Waals surface area contributed by atoms with Gasteiger partial charge in [0.1, 0.15) is 5.75 Å². The molecule has 0 saturated heterocycles. The van der Waals surface area contributed by atoms with Gasteiger partial charge in [0.05, 0.1) is 13.0 Å². The first-order valence-corrected chi connectivity index (χ1v) is 5.61. The topological polar surface area (TPSA) is 55.6 Å². The number of nitrogens with two attached hydrogens (primary N) is 1. The lowest BCUT2D eigenvalue weighted by Crippen LogP contribution is -2.23. The second-order valence-electron chi connectivity index (χ2n) is 4.36. The molecule has 0 bridgehead atoms. The summed E-state index contributed by atoms with van der Waals surface area (Å²) in [5.74, 6) is 0.808. The Kier molecular flexibility index (Phi) is 4.37. The number of benzene rings is 1. The van der Waals surface area contributed by atoms with Crippen molar-refractivity contribution in [3.05, 3.63) is 23.3 Å². The van der Waals surface area contributed by atoms with Gasteiger partial charge in [0.15, 0.2) is 0 Å². The quantitative estimate of drug-likeness (QED) is 0.810. The number of nitrogens with zero attached hydrogens (tertiary/aromatic N) is 1. The number of anilines is 1. The van der Waals surface area contributed by atoms with E-state index in [1.807, 2.05) is 26.0 Å². The molecule has 94 valence electrons. The minimum absolute atomic E-state index is 0.0581. The third kappa shape index (κ3) is 3.66. The van der Waals surface area contributed by atoms with Crippen molar-refractivity contribution in [1.82, 2.24) is 4.90 Å². The highest BCUT2D eigenvalue weighted by molar-refractivity contribution is 5.75. The summed E-state index contributed by atoms with van der Waals surface area (Å²) >= 11 is 0. The number of carbonyl (C=O) groups is 1. The van der Waals surface area contributed by atoms with Crippen LogP contribution >= 0.6 is 0 Å². The number of carbonyl (C=O) groups excluding carboxylic acids is 1. The molecule has 4 nitrogen and oxygen atoms in total. The van der Waals surface area contributed by atoms with Gasteiger partial charge in [0.2, 0.25) is 5.91 Å². The van der Waals surface area contributed by atoms with Crippen LogP contribution in [-0.4, -0.2) is 31.5 Å². The number of ether oxygens (including phenoxy) is 1. The molecule has 1 amide bonds. The fraction of sp³-hybridized carbons (Fsp3) is 0.462. The number of rotatable bonds is 4. The van der Waals surface area contributed by atoms with Gasteiger partial charge in [-0.25, -0.2) is 0 Å². The molecule has 0 aliphatic carbocycles. The van der Waals surface area contributed by atoms with Crippen LogP contribution in [0.5, 0.6) is 5.75 Å². The maximum Gasteiger partial charge on any atom is 0.225 e. The fourth-order valence-corrected chi connectivity index (χ4v) is 1.48. The van der Waals surface area contributed by atoms with Gasteiger partial charge in [-0.05, 0) is 25.0 Å². The lowest BCUT2D eigenvalue weighted by atomic mass is 10.1. The fourth-order valence-electron chi connectivity index (χ4n) is 1.48. The molecule has 1 rings (SSSR count). The van der Waals surface area contributed by atoms with E-state index in [4.69, 9.17) is 10.5 Å². The minimum atomic E-state index is 0.0581. The Morgan fingerprint density at radius 2 is 1.94 bits per heavy atom. The van der Waals surface area contributed by atoms with E-state index in [0.29, 0.717) is 18.7 Å². The smallest absolute Gasteiger partial charge is 0.225 e. The highest BCUT2D eigenvalue weighted by atomic mass is 16.5. The van der Waals surface area contributed by atoms with E-state index in [1.54, 1.807) is 19.0 Å². The lowest BCUT2D eigenvalue weighted by molar-refractivity contribution is -0.129. The first-order valence-electron chi connectivity index (χ1n) is 5.61. The van der Waals surface area contributed by atoms with Crippen molar-refractivity contribution in [2.45, 2.75) is 20.3 Å². The second-order valence-corrected chi connectivity index (χ2v) is 4.36. The van der Waals surface area contributed by atoms with Crippen LogP contribution in [-0.2, 0) is 4.79 Å². The summed E-state index contributed by atoms with van der Waals surface area (Å²) < 4.78 is 5.57. The Labute approximate surface area is 102 Å². The summed E-state index contributed by atoms with van der Waals surface area (Å²) in [6.45, 7) is 4.30. The third-order valence-electron chi connectivity index (χ3n) is 2.64. The normalized spacial score (nSPS) is 10.1. The Morgan fingerprint density at radius 3 is 2.53 bits per heavy atom. The summed E-state index contributed by atoms with van der Waals surface area (Å²) in [5, 5.41) is 0. The molecule has 17 heavy (non-hydrogen) atoms. The average molecular weight is 236 g/mol. The predicted molar refractivity (Wildman–Crippen MR) is 69.1 cm³/mol. The van der Waals surface area contributed by atoms with Crippen molar-refractivity contribution >= 4 is 11.6 Å². The summed E-state index contributed by atoms with van der Waals surface area (Å²) in [6, 6.07) is 3.79. The van der Waals surface area contributed by atoms with Crippen molar-refractivity contribution in [3.63, 3.8) is 0 Å². The van der Waals surface area contributed by atoms with Crippen LogP contribution in [0.2, 0.25) is 0 Å². The lowest BCUT2D eigenvalue weighted by Gasteiger charge is -2.13. The monoisotopic (exact) mass is 236 g/mol. The summed E-state index contributed by atoms with van der Waals surface area (Å²) in [6.07, 6.45) is 0.375. The summed E-state index contributed by atoms with van der Waals surface area (Å²) in [5.41, 5.74) is 8.60. The molecule has 0 saturated carbocycles. The molecule has 0 fully saturated rings. The first kappa shape index (κ1) is 13.4. The van der Waals surface area contributed by atoms with Crippen LogP contribution in [0.3, 0.4) is 0 Å². The Hall–Kier alpha value is -1.71. The molecule has 0 unspecified atom stereocenters. The van der Waals surface area contributed by atoms with Crippen LogP contribution in [0.25, 0.3) is 0 Å². The molecule has 0 atom stereocenters. The zero-order valence-corrected chi connectivity index (χ0v) is 10.9. The van der Waals surface area contributed by atoms with Gasteiger partial charge in [0, 0.05) is 25.8 Å². The van der Waals surface area contributed by atoms with Crippen molar-refractivity contribution in [3.8, 4) is 5.75 Å². The van der Waals surface area contributed by atoms with Crippen LogP contribution in [0.4, 0.5) is 5.69 Å². The van der Waals surface area contributed by atoms with E-state index >= 15 is 0 Å². The number of hydrogen-bond donors (Lipinski definition) is 1. The van der Waals surface area contributed by atoms with E-state index in [-0.39, 0.29) is 5.91 Å². The molecule has 4 heteroatoms. The highest BCUT2D eigenvalue weighted by Gasteiger charge is 2.06. The van der Waals surface area contributed by atoms with Crippen molar-refractivity contribution < 1.29 is 9.53 Å². The molecule has 1 aromatic rings. The Morgan fingerprint density at radius 1 is 1.29 bits per heavy atom. The van der Waals surface area contributed by atoms with Crippen LogP contribution in [0, 0.1) is 13.8 Å². The molecule has 2 N–H and O–H groups in total. The summed E-state index contributed by atoms with van der Waals surface area (Å²) in [7, 11) is 3.47. The minimum Gasteiger partial charge on any atom is -0.493 e. The predicted octanol–water partition coefficient (Wildman–Crippen LogP) is 1.74. The van der Waals surface area contributed by atoms with E-state index in [0.717, 1.165) is 16.9 Å². The van der Waals surface area contributed by atoms with Gasteiger partial charge in [-0.15, -0.1) is 0 Å². The average Bonchev–Trinajstić information content (AvgIpc) is 2.25. The maximum atomic E-state index is 11.4. The second kappa shape index (κ2) is 5.57. The molecule has 0 spiro atoms. The van der Waals surface area contributed by atoms with Gasteiger partial charge >= 0.3 is 0 Å². The van der Waals surface area contributed by atoms with Crippen molar-refractivity contribution in [2.75, 3.05) is 26.4 Å². The molecule has 0 aliphatic heterocycles. The zero-order valence-electron chi connectivity index (χ0n) is 10.9. The number of amides is 1. The SMILES string of the molecule is Cc1cc(C)c(OCCC(=O)N(C)C)cc1N. The van der Waals surface area contributed by atoms with Crippen LogP contribution < -0.4 is 10.5 Å². The molecule has 0 aliphatic rings. The van der Waals surface area contributed by atoms with Gasteiger partial charge in [-0.3, -0.25) is 4.79 Å². The molecule has 0 heterocycles. The first-order chi connectivity index (χ1) is 7.91. The van der Waals surface area contributed by atoms with Crippen molar-refractivity contribution in [2.24, 2.45) is 0 Å². The summed E-state index contributed by atoms with van der Waals surface area (Å²) in [4.78, 5) is 12.9. The van der Waals surface area contributed by atoms with Gasteiger partial charge in [-0.2, -0.15) is 0 Å². The molecular weight excluding hydrogens is 216 g/mol. The van der Waals surface area contributed by atoms with E-state index in [1.165, 1.54) is 0 Å². The van der Waals surface area contributed by atoms with Gasteiger partial charge in [0.25, 0.3) is 0 Å². The number of nitrogen functional groups attached to an aromatic ring is 1. The Balaban J connectivity index is 2.58. The van der Waals surface area contributed by atoms with E-state index < -0.39 is 0 Å². The molecular formula is C13H20N2O2. The number of hydrogen-bond acceptors (Lipinski definition) is 3. The van der Waals surface area contributed by atoms with Gasteiger partial charge < -0.3 is 15.4 Å². The molecule has 1 aromatic carbocycles. The third-order valence-corrected chi connectivity index (χ3v) is 2.64. The number of aryl methyl sites for hydroxylation is 2. The molecule has 0 aromatic heterocycles. The molecule has 0 radical (unpaired) electrons.